The molecule has 0 saturated heterocycles. The zero-order valence-electron chi connectivity index (χ0n) is 12.5. The number of hydrogen-bond donors (Lipinski definition) is 2. The molecule has 0 aliphatic heterocycles. The van der Waals surface area contributed by atoms with Crippen LogP contribution in [0.4, 0.5) is 5.69 Å². The first kappa shape index (κ1) is 15.0. The van der Waals surface area contributed by atoms with Crippen LogP contribution in [0.2, 0.25) is 0 Å². The van der Waals surface area contributed by atoms with Crippen LogP contribution in [0.25, 0.3) is 0 Å². The van der Waals surface area contributed by atoms with Crippen LogP contribution in [0.3, 0.4) is 0 Å². The maximum Gasteiger partial charge on any atom is 0.253 e. The van der Waals surface area contributed by atoms with E-state index >= 15 is 0 Å². The van der Waals surface area contributed by atoms with Crippen molar-refractivity contribution >= 4 is 11.6 Å². The smallest absolute Gasteiger partial charge is 0.253 e. The first-order valence-electron chi connectivity index (χ1n) is 7.22. The van der Waals surface area contributed by atoms with Crippen molar-refractivity contribution in [3.05, 3.63) is 59.4 Å². The summed E-state index contributed by atoms with van der Waals surface area (Å²) in [5.41, 5.74) is 3.69. The van der Waals surface area contributed by atoms with E-state index < -0.39 is 0 Å². The van der Waals surface area contributed by atoms with E-state index in [4.69, 9.17) is 0 Å². The van der Waals surface area contributed by atoms with Crippen molar-refractivity contribution in [1.29, 1.82) is 0 Å². The highest BCUT2D eigenvalue weighted by molar-refractivity contribution is 5.99. The Morgan fingerprint density at radius 2 is 2.14 bits per heavy atom. The monoisotopic (exact) mass is 283 g/mol. The summed E-state index contributed by atoms with van der Waals surface area (Å²) in [5.74, 6) is -0.0718. The molecule has 2 rings (SSSR count). The van der Waals surface area contributed by atoms with Crippen molar-refractivity contribution in [3.8, 4) is 0 Å². The molecule has 0 radical (unpaired) electrons. The van der Waals surface area contributed by atoms with Crippen LogP contribution in [0.15, 0.2) is 42.7 Å². The normalized spacial score (nSPS) is 10.2. The predicted molar refractivity (Wildman–Crippen MR) is 85.4 cm³/mol. The second-order valence-electron chi connectivity index (χ2n) is 5.02. The molecule has 0 saturated carbocycles. The molecule has 2 N–H and O–H groups in total. The topological polar surface area (TPSA) is 54.0 Å². The Kier molecular flexibility index (Phi) is 5.32. The van der Waals surface area contributed by atoms with E-state index in [9.17, 15) is 4.79 Å². The lowest BCUT2D eigenvalue weighted by Crippen LogP contribution is -2.24. The molecular formula is C17H21N3O. The van der Waals surface area contributed by atoms with E-state index in [2.05, 4.69) is 22.5 Å². The summed E-state index contributed by atoms with van der Waals surface area (Å²) in [4.78, 5) is 16.4. The molecule has 4 heteroatoms. The Morgan fingerprint density at radius 1 is 1.29 bits per heavy atom. The summed E-state index contributed by atoms with van der Waals surface area (Å²) in [6.07, 6.45) is 4.49. The van der Waals surface area contributed by atoms with E-state index in [1.165, 1.54) is 0 Å². The number of rotatable bonds is 6. The first-order valence-corrected chi connectivity index (χ1v) is 7.22. The summed E-state index contributed by atoms with van der Waals surface area (Å²) in [5, 5.41) is 6.24. The first-order chi connectivity index (χ1) is 10.2. The number of nitrogens with one attached hydrogen (secondary N) is 2. The third-order valence-corrected chi connectivity index (χ3v) is 3.16. The van der Waals surface area contributed by atoms with Crippen LogP contribution < -0.4 is 10.6 Å². The van der Waals surface area contributed by atoms with Gasteiger partial charge < -0.3 is 10.6 Å². The van der Waals surface area contributed by atoms with Gasteiger partial charge in [0.05, 0.1) is 5.56 Å². The van der Waals surface area contributed by atoms with Crippen LogP contribution >= 0.6 is 0 Å². The Labute approximate surface area is 125 Å². The van der Waals surface area contributed by atoms with Gasteiger partial charge in [0.15, 0.2) is 0 Å². The summed E-state index contributed by atoms with van der Waals surface area (Å²) in [7, 11) is 0. The molecule has 0 bridgehead atoms. The number of aryl methyl sites for hydroxylation is 1. The van der Waals surface area contributed by atoms with Gasteiger partial charge in [-0.25, -0.2) is 0 Å². The second-order valence-corrected chi connectivity index (χ2v) is 5.02. The number of benzene rings is 1. The summed E-state index contributed by atoms with van der Waals surface area (Å²) in [6, 6.07) is 9.64. The SMILES string of the molecule is CCCNc1cc(C)ccc1C(=O)NCc1cccnc1. The molecule has 0 unspecified atom stereocenters. The van der Waals surface area contributed by atoms with Gasteiger partial charge in [-0.2, -0.15) is 0 Å². The Morgan fingerprint density at radius 3 is 2.86 bits per heavy atom. The van der Waals surface area contributed by atoms with Crippen LogP contribution in [0.1, 0.15) is 34.8 Å². The minimum absolute atomic E-state index is 0.0718. The number of aromatic nitrogens is 1. The minimum Gasteiger partial charge on any atom is -0.384 e. The molecule has 1 aromatic carbocycles. The van der Waals surface area contributed by atoms with Crippen molar-refractivity contribution < 1.29 is 4.79 Å². The molecular weight excluding hydrogens is 262 g/mol. The van der Waals surface area contributed by atoms with Gasteiger partial charge in [0.1, 0.15) is 0 Å². The van der Waals surface area contributed by atoms with E-state index in [-0.39, 0.29) is 5.91 Å². The molecule has 21 heavy (non-hydrogen) atoms. The molecule has 0 aliphatic carbocycles. The fourth-order valence-electron chi connectivity index (χ4n) is 2.04. The van der Waals surface area contributed by atoms with Gasteiger partial charge in [-0.3, -0.25) is 9.78 Å². The second kappa shape index (κ2) is 7.43. The number of nitrogens with zero attached hydrogens (tertiary/aromatic N) is 1. The molecule has 2 aromatic rings. The maximum atomic E-state index is 12.3. The standard InChI is InChI=1S/C17H21N3O/c1-3-8-19-16-10-13(2)6-7-15(16)17(21)20-12-14-5-4-9-18-11-14/h4-7,9-11,19H,3,8,12H2,1-2H3,(H,20,21). The Hall–Kier alpha value is -2.36. The molecule has 1 aromatic heterocycles. The predicted octanol–water partition coefficient (Wildman–Crippen LogP) is 3.14. The lowest BCUT2D eigenvalue weighted by molar-refractivity contribution is 0.0951. The zero-order chi connectivity index (χ0) is 15.1. The van der Waals surface area contributed by atoms with Gasteiger partial charge in [0, 0.05) is 31.2 Å². The van der Waals surface area contributed by atoms with Crippen molar-refractivity contribution in [3.63, 3.8) is 0 Å². The molecule has 0 fully saturated rings. The molecule has 1 amide bonds. The highest BCUT2D eigenvalue weighted by Crippen LogP contribution is 2.17. The van der Waals surface area contributed by atoms with E-state index in [0.29, 0.717) is 12.1 Å². The molecule has 1 heterocycles. The summed E-state index contributed by atoms with van der Waals surface area (Å²) in [6.45, 7) is 5.46. The Bertz CT molecular complexity index is 596. The molecule has 110 valence electrons. The number of carbonyl (C=O) groups excluding carboxylic acids is 1. The van der Waals surface area contributed by atoms with Crippen molar-refractivity contribution in [2.24, 2.45) is 0 Å². The fraction of sp³-hybridized carbons (Fsp3) is 0.294. The van der Waals surface area contributed by atoms with Crippen LogP contribution in [-0.4, -0.2) is 17.4 Å². The van der Waals surface area contributed by atoms with Crippen molar-refractivity contribution in [1.82, 2.24) is 10.3 Å². The average Bonchev–Trinajstić information content (AvgIpc) is 2.51. The highest BCUT2D eigenvalue weighted by atomic mass is 16.1. The summed E-state index contributed by atoms with van der Waals surface area (Å²) < 4.78 is 0. The van der Waals surface area contributed by atoms with Crippen molar-refractivity contribution in [2.45, 2.75) is 26.8 Å². The molecule has 0 atom stereocenters. The number of anilines is 1. The van der Waals surface area contributed by atoms with Crippen LogP contribution in [0.5, 0.6) is 0 Å². The third-order valence-electron chi connectivity index (χ3n) is 3.16. The molecule has 4 nitrogen and oxygen atoms in total. The molecule has 0 aliphatic rings. The minimum atomic E-state index is -0.0718. The number of amides is 1. The molecule has 0 spiro atoms. The number of carbonyl (C=O) groups is 1. The quantitative estimate of drug-likeness (QED) is 0.856. The lowest BCUT2D eigenvalue weighted by atomic mass is 10.1. The van der Waals surface area contributed by atoms with Gasteiger partial charge in [0.2, 0.25) is 0 Å². The van der Waals surface area contributed by atoms with Gasteiger partial charge in [0.25, 0.3) is 5.91 Å². The van der Waals surface area contributed by atoms with Crippen LogP contribution in [-0.2, 0) is 6.54 Å². The van der Waals surface area contributed by atoms with Gasteiger partial charge >= 0.3 is 0 Å². The highest BCUT2D eigenvalue weighted by Gasteiger charge is 2.11. The Balaban J connectivity index is 2.07. The third kappa shape index (κ3) is 4.31. The van der Waals surface area contributed by atoms with E-state index in [1.807, 2.05) is 37.3 Å². The largest absolute Gasteiger partial charge is 0.384 e. The van der Waals surface area contributed by atoms with Crippen LogP contribution in [0, 0.1) is 6.92 Å². The lowest BCUT2D eigenvalue weighted by Gasteiger charge is -2.12. The van der Waals surface area contributed by atoms with E-state index in [0.717, 1.165) is 29.8 Å². The summed E-state index contributed by atoms with van der Waals surface area (Å²) >= 11 is 0. The number of hydrogen-bond acceptors (Lipinski definition) is 3. The average molecular weight is 283 g/mol. The van der Waals surface area contributed by atoms with Gasteiger partial charge in [-0.15, -0.1) is 0 Å². The maximum absolute atomic E-state index is 12.3. The zero-order valence-corrected chi connectivity index (χ0v) is 12.5. The number of pyridine rings is 1. The van der Waals surface area contributed by atoms with Crippen molar-refractivity contribution in [2.75, 3.05) is 11.9 Å². The van der Waals surface area contributed by atoms with Gasteiger partial charge in [-0.05, 0) is 42.7 Å². The fourth-order valence-corrected chi connectivity index (χ4v) is 2.04. The van der Waals surface area contributed by atoms with E-state index in [1.54, 1.807) is 12.4 Å². The van der Waals surface area contributed by atoms with Gasteiger partial charge in [-0.1, -0.05) is 19.1 Å².